The zero-order valence-electron chi connectivity index (χ0n) is 12.7. The SMILES string of the molecule is CCOc1cc(C)c(C(=O)CN2CCNCC2)cc1C. The van der Waals surface area contributed by atoms with Gasteiger partial charge in [-0.2, -0.15) is 0 Å². The molecule has 110 valence electrons. The maximum atomic E-state index is 12.5. The fraction of sp³-hybridized carbons (Fsp3) is 0.562. The first-order valence-corrected chi connectivity index (χ1v) is 7.32. The van der Waals surface area contributed by atoms with E-state index < -0.39 is 0 Å². The lowest BCUT2D eigenvalue weighted by Crippen LogP contribution is -2.45. The zero-order chi connectivity index (χ0) is 14.5. The van der Waals surface area contributed by atoms with Gasteiger partial charge in [0.05, 0.1) is 13.2 Å². The molecule has 0 saturated carbocycles. The molecule has 1 heterocycles. The number of benzene rings is 1. The molecule has 0 unspecified atom stereocenters. The summed E-state index contributed by atoms with van der Waals surface area (Å²) in [5.41, 5.74) is 2.85. The maximum Gasteiger partial charge on any atom is 0.177 e. The molecule has 1 fully saturated rings. The number of Topliss-reactive ketones (excluding diaryl/α,β-unsaturated/α-hetero) is 1. The van der Waals surface area contributed by atoms with Crippen molar-refractivity contribution in [2.24, 2.45) is 0 Å². The highest BCUT2D eigenvalue weighted by Crippen LogP contribution is 2.23. The van der Waals surface area contributed by atoms with Crippen LogP contribution in [0.2, 0.25) is 0 Å². The van der Waals surface area contributed by atoms with Crippen LogP contribution in [0.1, 0.15) is 28.4 Å². The standard InChI is InChI=1S/C16H24N2O2/c1-4-20-16-10-12(2)14(9-13(16)3)15(19)11-18-7-5-17-6-8-18/h9-10,17H,4-8,11H2,1-3H3. The van der Waals surface area contributed by atoms with E-state index in [1.54, 1.807) is 0 Å². The summed E-state index contributed by atoms with van der Waals surface area (Å²) < 4.78 is 5.57. The molecule has 0 atom stereocenters. The van der Waals surface area contributed by atoms with Crippen LogP contribution in [-0.2, 0) is 0 Å². The zero-order valence-corrected chi connectivity index (χ0v) is 12.7. The van der Waals surface area contributed by atoms with Crippen molar-refractivity contribution in [3.05, 3.63) is 28.8 Å². The quantitative estimate of drug-likeness (QED) is 0.833. The van der Waals surface area contributed by atoms with E-state index in [1.165, 1.54) is 0 Å². The number of piperazine rings is 1. The Morgan fingerprint density at radius 2 is 1.95 bits per heavy atom. The monoisotopic (exact) mass is 276 g/mol. The van der Waals surface area contributed by atoms with E-state index in [2.05, 4.69) is 10.2 Å². The third-order valence-corrected chi connectivity index (χ3v) is 3.70. The Morgan fingerprint density at radius 1 is 1.25 bits per heavy atom. The van der Waals surface area contributed by atoms with Gasteiger partial charge < -0.3 is 10.1 Å². The highest BCUT2D eigenvalue weighted by Gasteiger charge is 2.17. The summed E-state index contributed by atoms with van der Waals surface area (Å²) in [5, 5.41) is 3.30. The number of rotatable bonds is 5. The summed E-state index contributed by atoms with van der Waals surface area (Å²) in [6, 6.07) is 3.94. The first kappa shape index (κ1) is 15.0. The highest BCUT2D eigenvalue weighted by atomic mass is 16.5. The van der Waals surface area contributed by atoms with Crippen LogP contribution in [0.4, 0.5) is 0 Å². The number of hydrogen-bond donors (Lipinski definition) is 1. The van der Waals surface area contributed by atoms with Crippen molar-refractivity contribution in [2.75, 3.05) is 39.3 Å². The van der Waals surface area contributed by atoms with Crippen LogP contribution < -0.4 is 10.1 Å². The summed E-state index contributed by atoms with van der Waals surface area (Å²) in [6.45, 7) is 10.9. The number of hydrogen-bond acceptors (Lipinski definition) is 4. The van der Waals surface area contributed by atoms with Gasteiger partial charge in [-0.05, 0) is 44.0 Å². The van der Waals surface area contributed by atoms with Crippen LogP contribution >= 0.6 is 0 Å². The second-order valence-electron chi connectivity index (χ2n) is 5.31. The summed E-state index contributed by atoms with van der Waals surface area (Å²) in [7, 11) is 0. The first-order valence-electron chi connectivity index (χ1n) is 7.32. The molecule has 0 bridgehead atoms. The normalized spacial score (nSPS) is 16.1. The maximum absolute atomic E-state index is 12.5. The van der Waals surface area contributed by atoms with Gasteiger partial charge in [0.1, 0.15) is 5.75 Å². The number of carbonyl (C=O) groups is 1. The Labute approximate surface area is 121 Å². The minimum atomic E-state index is 0.204. The molecule has 0 amide bonds. The molecule has 1 N–H and O–H groups in total. The lowest BCUT2D eigenvalue weighted by molar-refractivity contribution is 0.0921. The molecule has 1 saturated heterocycles. The fourth-order valence-electron chi connectivity index (χ4n) is 2.56. The number of aryl methyl sites for hydroxylation is 2. The van der Waals surface area contributed by atoms with Crippen LogP contribution in [0.5, 0.6) is 5.75 Å². The predicted molar refractivity (Wildman–Crippen MR) is 80.7 cm³/mol. The molecule has 4 heteroatoms. The molecular formula is C16H24N2O2. The molecular weight excluding hydrogens is 252 g/mol. The Balaban J connectivity index is 2.10. The van der Waals surface area contributed by atoms with E-state index in [0.717, 1.165) is 48.6 Å². The van der Waals surface area contributed by atoms with Gasteiger partial charge in [0.15, 0.2) is 5.78 Å². The van der Waals surface area contributed by atoms with Crippen molar-refractivity contribution in [2.45, 2.75) is 20.8 Å². The molecule has 20 heavy (non-hydrogen) atoms. The molecule has 1 aromatic rings. The van der Waals surface area contributed by atoms with Gasteiger partial charge in [-0.3, -0.25) is 9.69 Å². The van der Waals surface area contributed by atoms with Gasteiger partial charge in [-0.1, -0.05) is 0 Å². The Hall–Kier alpha value is -1.39. The van der Waals surface area contributed by atoms with Crippen LogP contribution in [0, 0.1) is 13.8 Å². The van der Waals surface area contributed by atoms with Crippen molar-refractivity contribution < 1.29 is 9.53 Å². The topological polar surface area (TPSA) is 41.6 Å². The van der Waals surface area contributed by atoms with Gasteiger partial charge >= 0.3 is 0 Å². The Bertz CT molecular complexity index is 480. The largest absolute Gasteiger partial charge is 0.494 e. The van der Waals surface area contributed by atoms with Crippen molar-refractivity contribution in [3.8, 4) is 5.75 Å². The number of nitrogens with one attached hydrogen (secondary N) is 1. The molecule has 1 aromatic carbocycles. The Kier molecular flexibility index (Phi) is 5.15. The van der Waals surface area contributed by atoms with Gasteiger partial charge in [0.2, 0.25) is 0 Å². The average molecular weight is 276 g/mol. The Morgan fingerprint density at radius 3 is 2.60 bits per heavy atom. The molecule has 0 radical (unpaired) electrons. The van der Waals surface area contributed by atoms with E-state index in [9.17, 15) is 4.79 Å². The molecule has 2 rings (SSSR count). The summed E-state index contributed by atoms with van der Waals surface area (Å²) in [5.74, 6) is 1.08. The van der Waals surface area contributed by atoms with Crippen LogP contribution in [0.3, 0.4) is 0 Å². The molecule has 4 nitrogen and oxygen atoms in total. The average Bonchev–Trinajstić information content (AvgIpc) is 2.43. The first-order chi connectivity index (χ1) is 9.61. The van der Waals surface area contributed by atoms with Gasteiger partial charge in [-0.25, -0.2) is 0 Å². The number of nitrogens with zero attached hydrogens (tertiary/aromatic N) is 1. The minimum absolute atomic E-state index is 0.204. The molecule has 0 spiro atoms. The highest BCUT2D eigenvalue weighted by molar-refractivity contribution is 5.99. The number of ether oxygens (including phenoxy) is 1. The summed E-state index contributed by atoms with van der Waals surface area (Å²) in [4.78, 5) is 14.7. The van der Waals surface area contributed by atoms with E-state index in [0.29, 0.717) is 13.2 Å². The van der Waals surface area contributed by atoms with Gasteiger partial charge in [0.25, 0.3) is 0 Å². The number of carbonyl (C=O) groups excluding carboxylic acids is 1. The minimum Gasteiger partial charge on any atom is -0.494 e. The summed E-state index contributed by atoms with van der Waals surface area (Å²) in [6.07, 6.45) is 0. The molecule has 0 aliphatic carbocycles. The molecule has 0 aromatic heterocycles. The lowest BCUT2D eigenvalue weighted by atomic mass is 10.0. The lowest BCUT2D eigenvalue weighted by Gasteiger charge is -2.26. The number of ketones is 1. The third kappa shape index (κ3) is 3.58. The van der Waals surface area contributed by atoms with Crippen LogP contribution in [0.15, 0.2) is 12.1 Å². The second-order valence-corrected chi connectivity index (χ2v) is 5.31. The van der Waals surface area contributed by atoms with Crippen molar-refractivity contribution >= 4 is 5.78 Å². The van der Waals surface area contributed by atoms with Crippen LogP contribution in [0.25, 0.3) is 0 Å². The summed E-state index contributed by atoms with van der Waals surface area (Å²) >= 11 is 0. The van der Waals surface area contributed by atoms with Gasteiger partial charge in [0, 0.05) is 31.7 Å². The van der Waals surface area contributed by atoms with Crippen LogP contribution in [-0.4, -0.2) is 50.0 Å². The predicted octanol–water partition coefficient (Wildman–Crippen LogP) is 1.79. The fourth-order valence-corrected chi connectivity index (χ4v) is 2.56. The van der Waals surface area contributed by atoms with E-state index >= 15 is 0 Å². The van der Waals surface area contributed by atoms with Crippen molar-refractivity contribution in [1.82, 2.24) is 10.2 Å². The van der Waals surface area contributed by atoms with E-state index in [1.807, 2.05) is 32.9 Å². The molecule has 1 aliphatic heterocycles. The van der Waals surface area contributed by atoms with Gasteiger partial charge in [-0.15, -0.1) is 0 Å². The van der Waals surface area contributed by atoms with E-state index in [-0.39, 0.29) is 5.78 Å². The van der Waals surface area contributed by atoms with E-state index in [4.69, 9.17) is 4.74 Å². The smallest absolute Gasteiger partial charge is 0.177 e. The molecule has 1 aliphatic rings. The van der Waals surface area contributed by atoms with Crippen molar-refractivity contribution in [1.29, 1.82) is 0 Å². The second kappa shape index (κ2) is 6.86. The van der Waals surface area contributed by atoms with Crippen molar-refractivity contribution in [3.63, 3.8) is 0 Å². The third-order valence-electron chi connectivity index (χ3n) is 3.70.